The summed E-state index contributed by atoms with van der Waals surface area (Å²) in [6, 6.07) is 20.3. The van der Waals surface area contributed by atoms with Crippen LogP contribution in [0.2, 0.25) is 0 Å². The molecule has 0 aliphatic heterocycles. The molecule has 148 valence electrons. The monoisotopic (exact) mass is 392 g/mol. The van der Waals surface area contributed by atoms with Crippen LogP contribution in [0.1, 0.15) is 28.4 Å². The number of hydrazone groups is 1. The van der Waals surface area contributed by atoms with Crippen LogP contribution < -0.4 is 14.9 Å². The number of amides is 1. The van der Waals surface area contributed by atoms with Gasteiger partial charge in [-0.15, -0.1) is 0 Å². The van der Waals surface area contributed by atoms with Crippen LogP contribution in [0, 0.1) is 5.82 Å². The molecule has 1 amide bonds. The third kappa shape index (κ3) is 5.90. The normalized spacial score (nSPS) is 10.7. The van der Waals surface area contributed by atoms with E-state index in [9.17, 15) is 9.18 Å². The average molecular weight is 392 g/mol. The Morgan fingerprint density at radius 1 is 1.00 bits per heavy atom. The first-order chi connectivity index (χ1) is 14.2. The Hall–Kier alpha value is -3.67. The highest BCUT2D eigenvalue weighted by Crippen LogP contribution is 2.29. The Morgan fingerprint density at radius 2 is 1.76 bits per heavy atom. The number of rotatable bonds is 8. The van der Waals surface area contributed by atoms with Gasteiger partial charge in [-0.05, 0) is 60.5 Å². The topological polar surface area (TPSA) is 59.9 Å². The van der Waals surface area contributed by atoms with Gasteiger partial charge in [-0.2, -0.15) is 5.10 Å². The SMILES string of the molecule is CCOc1cc(/C=N\NC(=O)c2ccccc2)ccc1OCc1ccc(F)cc1. The minimum absolute atomic E-state index is 0.285. The zero-order valence-electron chi connectivity index (χ0n) is 16.0. The molecule has 0 aliphatic carbocycles. The van der Waals surface area contributed by atoms with Crippen molar-refractivity contribution in [2.24, 2.45) is 5.10 Å². The average Bonchev–Trinajstić information content (AvgIpc) is 2.75. The van der Waals surface area contributed by atoms with Crippen LogP contribution >= 0.6 is 0 Å². The minimum Gasteiger partial charge on any atom is -0.490 e. The quantitative estimate of drug-likeness (QED) is 0.451. The third-order valence-electron chi connectivity index (χ3n) is 3.99. The van der Waals surface area contributed by atoms with E-state index in [0.717, 1.165) is 11.1 Å². The summed E-state index contributed by atoms with van der Waals surface area (Å²) in [5.74, 6) is 0.562. The predicted octanol–water partition coefficient (Wildman–Crippen LogP) is 4.57. The molecular formula is C23H21FN2O3. The minimum atomic E-state index is -0.286. The summed E-state index contributed by atoms with van der Waals surface area (Å²) >= 11 is 0. The van der Waals surface area contributed by atoms with E-state index in [2.05, 4.69) is 10.5 Å². The second-order valence-electron chi connectivity index (χ2n) is 6.12. The van der Waals surface area contributed by atoms with Crippen molar-refractivity contribution < 1.29 is 18.7 Å². The van der Waals surface area contributed by atoms with Gasteiger partial charge in [-0.3, -0.25) is 4.79 Å². The maximum atomic E-state index is 13.0. The number of ether oxygens (including phenoxy) is 2. The van der Waals surface area contributed by atoms with Crippen LogP contribution in [0.4, 0.5) is 4.39 Å². The van der Waals surface area contributed by atoms with E-state index in [1.54, 1.807) is 54.6 Å². The maximum absolute atomic E-state index is 13.0. The molecular weight excluding hydrogens is 371 g/mol. The molecule has 3 aromatic rings. The van der Waals surface area contributed by atoms with E-state index in [1.165, 1.54) is 18.3 Å². The van der Waals surface area contributed by atoms with E-state index in [4.69, 9.17) is 9.47 Å². The molecule has 0 saturated carbocycles. The van der Waals surface area contributed by atoms with Crippen LogP contribution in [0.15, 0.2) is 77.9 Å². The number of benzene rings is 3. The van der Waals surface area contributed by atoms with Gasteiger partial charge >= 0.3 is 0 Å². The molecule has 29 heavy (non-hydrogen) atoms. The molecule has 0 atom stereocenters. The summed E-state index contributed by atoms with van der Waals surface area (Å²) in [4.78, 5) is 12.0. The predicted molar refractivity (Wildman–Crippen MR) is 110 cm³/mol. The number of carbonyl (C=O) groups is 1. The molecule has 0 heterocycles. The first-order valence-corrected chi connectivity index (χ1v) is 9.18. The summed E-state index contributed by atoms with van der Waals surface area (Å²) in [5, 5.41) is 3.99. The Morgan fingerprint density at radius 3 is 2.48 bits per heavy atom. The molecule has 0 unspecified atom stereocenters. The first-order valence-electron chi connectivity index (χ1n) is 9.18. The fourth-order valence-electron chi connectivity index (χ4n) is 2.55. The number of nitrogens with one attached hydrogen (secondary N) is 1. The van der Waals surface area contributed by atoms with Crippen molar-refractivity contribution in [3.63, 3.8) is 0 Å². The zero-order valence-corrected chi connectivity index (χ0v) is 16.0. The largest absolute Gasteiger partial charge is 0.490 e. The van der Waals surface area contributed by atoms with E-state index in [1.807, 2.05) is 13.0 Å². The van der Waals surface area contributed by atoms with E-state index in [-0.39, 0.29) is 11.7 Å². The summed E-state index contributed by atoms with van der Waals surface area (Å²) in [6.07, 6.45) is 1.53. The van der Waals surface area contributed by atoms with Gasteiger partial charge in [0.25, 0.3) is 5.91 Å². The molecule has 0 aromatic heterocycles. The molecule has 3 rings (SSSR count). The number of halogens is 1. The molecule has 6 heteroatoms. The van der Waals surface area contributed by atoms with Crippen molar-refractivity contribution in [2.75, 3.05) is 6.61 Å². The molecule has 0 aliphatic rings. The lowest BCUT2D eigenvalue weighted by molar-refractivity contribution is 0.0955. The third-order valence-corrected chi connectivity index (χ3v) is 3.99. The van der Waals surface area contributed by atoms with Crippen LogP contribution in [-0.4, -0.2) is 18.7 Å². The Labute approximate surface area is 168 Å². The van der Waals surface area contributed by atoms with Gasteiger partial charge in [0.05, 0.1) is 12.8 Å². The fraction of sp³-hybridized carbons (Fsp3) is 0.130. The van der Waals surface area contributed by atoms with Crippen LogP contribution in [0.5, 0.6) is 11.5 Å². The molecule has 0 fully saturated rings. The molecule has 5 nitrogen and oxygen atoms in total. The molecule has 3 aromatic carbocycles. The van der Waals surface area contributed by atoms with Crippen molar-refractivity contribution in [1.82, 2.24) is 5.43 Å². The number of carbonyl (C=O) groups excluding carboxylic acids is 1. The van der Waals surface area contributed by atoms with Crippen LogP contribution in [-0.2, 0) is 6.61 Å². The molecule has 0 saturated heterocycles. The fourth-order valence-corrected chi connectivity index (χ4v) is 2.55. The lowest BCUT2D eigenvalue weighted by Crippen LogP contribution is -2.17. The molecule has 0 spiro atoms. The number of hydrogen-bond acceptors (Lipinski definition) is 4. The van der Waals surface area contributed by atoms with Gasteiger partial charge in [0.1, 0.15) is 12.4 Å². The Kier molecular flexibility index (Phi) is 6.95. The van der Waals surface area contributed by atoms with Gasteiger partial charge in [0.2, 0.25) is 0 Å². The number of nitrogens with zero attached hydrogens (tertiary/aromatic N) is 1. The second kappa shape index (κ2) is 10.0. The van der Waals surface area contributed by atoms with Crippen LogP contribution in [0.3, 0.4) is 0 Å². The summed E-state index contributed by atoms with van der Waals surface area (Å²) in [5.41, 5.74) is 4.62. The standard InChI is InChI=1S/C23H21FN2O3/c1-2-28-22-14-18(15-25-26-23(27)19-6-4-3-5-7-19)10-13-21(22)29-16-17-8-11-20(24)12-9-17/h3-15H,2,16H2,1H3,(H,26,27)/b25-15-. The highest BCUT2D eigenvalue weighted by molar-refractivity contribution is 5.94. The van der Waals surface area contributed by atoms with Gasteiger partial charge in [-0.25, -0.2) is 9.82 Å². The summed E-state index contributed by atoms with van der Waals surface area (Å²) in [6.45, 7) is 2.64. The highest BCUT2D eigenvalue weighted by atomic mass is 19.1. The van der Waals surface area contributed by atoms with Gasteiger partial charge in [0, 0.05) is 5.56 Å². The van der Waals surface area contributed by atoms with Crippen LogP contribution in [0.25, 0.3) is 0 Å². The second-order valence-corrected chi connectivity index (χ2v) is 6.12. The van der Waals surface area contributed by atoms with E-state index >= 15 is 0 Å². The van der Waals surface area contributed by atoms with Crippen molar-refractivity contribution in [1.29, 1.82) is 0 Å². The van der Waals surface area contributed by atoms with Gasteiger partial charge in [0.15, 0.2) is 11.5 Å². The van der Waals surface area contributed by atoms with Crippen molar-refractivity contribution in [2.45, 2.75) is 13.5 Å². The maximum Gasteiger partial charge on any atom is 0.271 e. The summed E-state index contributed by atoms with van der Waals surface area (Å²) in [7, 11) is 0. The molecule has 1 N–H and O–H groups in total. The Bertz CT molecular complexity index is 973. The van der Waals surface area contributed by atoms with Gasteiger partial charge < -0.3 is 9.47 Å². The summed E-state index contributed by atoms with van der Waals surface area (Å²) < 4.78 is 24.5. The molecule has 0 bridgehead atoms. The smallest absolute Gasteiger partial charge is 0.271 e. The highest BCUT2D eigenvalue weighted by Gasteiger charge is 2.07. The van der Waals surface area contributed by atoms with Crippen molar-refractivity contribution in [3.8, 4) is 11.5 Å². The van der Waals surface area contributed by atoms with Crippen molar-refractivity contribution in [3.05, 3.63) is 95.3 Å². The van der Waals surface area contributed by atoms with Crippen molar-refractivity contribution >= 4 is 12.1 Å². The van der Waals surface area contributed by atoms with Gasteiger partial charge in [-0.1, -0.05) is 30.3 Å². The zero-order chi connectivity index (χ0) is 20.5. The van der Waals surface area contributed by atoms with E-state index in [0.29, 0.717) is 30.3 Å². The first kappa shape index (κ1) is 20.1. The molecule has 0 radical (unpaired) electrons. The number of hydrogen-bond donors (Lipinski definition) is 1. The lowest BCUT2D eigenvalue weighted by Gasteiger charge is -2.12. The van der Waals surface area contributed by atoms with E-state index < -0.39 is 0 Å². The lowest BCUT2D eigenvalue weighted by atomic mass is 10.2. The Balaban J connectivity index is 1.65.